The molecule has 1 aliphatic rings. The van der Waals surface area contributed by atoms with Gasteiger partial charge in [-0.25, -0.2) is 9.07 Å². The molecule has 1 N–H and O–H groups in total. The molecule has 0 bridgehead atoms. The van der Waals surface area contributed by atoms with Crippen molar-refractivity contribution in [1.29, 1.82) is 0 Å². The first-order valence-corrected chi connectivity index (χ1v) is 8.86. The lowest BCUT2D eigenvalue weighted by Gasteiger charge is -2.14. The standard InChI is InChI=1S/C21H20FN3O/c1-14(16-10-5-6-12-18(16)22)23-21(26)20-17-11-7-13-19(17)25(24-20)15-8-3-2-4-9-15/h2-6,8-10,12,14H,7,11,13H2,1H3,(H,23,26). The van der Waals surface area contributed by atoms with Gasteiger partial charge >= 0.3 is 0 Å². The first kappa shape index (κ1) is 16.5. The lowest BCUT2D eigenvalue weighted by molar-refractivity contribution is 0.0933. The number of carbonyl (C=O) groups is 1. The number of nitrogens with one attached hydrogen (secondary N) is 1. The maximum atomic E-state index is 14.0. The minimum Gasteiger partial charge on any atom is -0.344 e. The summed E-state index contributed by atoms with van der Waals surface area (Å²) in [7, 11) is 0. The van der Waals surface area contributed by atoms with Crippen LogP contribution in [0.4, 0.5) is 4.39 Å². The quantitative estimate of drug-likeness (QED) is 0.774. The minimum atomic E-state index is -0.428. The summed E-state index contributed by atoms with van der Waals surface area (Å²) in [5, 5.41) is 7.48. The third-order valence-corrected chi connectivity index (χ3v) is 4.87. The van der Waals surface area contributed by atoms with Crippen LogP contribution in [0.1, 0.15) is 46.7 Å². The fourth-order valence-corrected chi connectivity index (χ4v) is 3.57. The summed E-state index contributed by atoms with van der Waals surface area (Å²) in [5.41, 5.74) is 3.98. The smallest absolute Gasteiger partial charge is 0.272 e. The molecule has 0 fully saturated rings. The number of benzene rings is 2. The number of fused-ring (bicyclic) bond motifs is 1. The van der Waals surface area contributed by atoms with Crippen molar-refractivity contribution in [2.75, 3.05) is 0 Å². The highest BCUT2D eigenvalue weighted by Crippen LogP contribution is 2.28. The van der Waals surface area contributed by atoms with Crippen molar-refractivity contribution in [1.82, 2.24) is 15.1 Å². The van der Waals surface area contributed by atoms with E-state index in [2.05, 4.69) is 10.4 Å². The van der Waals surface area contributed by atoms with Crippen LogP contribution in [0.25, 0.3) is 5.69 Å². The van der Waals surface area contributed by atoms with E-state index >= 15 is 0 Å². The van der Waals surface area contributed by atoms with Gasteiger partial charge in [0.15, 0.2) is 5.69 Å². The Morgan fingerprint density at radius 3 is 2.62 bits per heavy atom. The largest absolute Gasteiger partial charge is 0.344 e. The van der Waals surface area contributed by atoms with Crippen molar-refractivity contribution < 1.29 is 9.18 Å². The molecule has 2 aromatic carbocycles. The molecule has 4 rings (SSSR count). The van der Waals surface area contributed by atoms with E-state index in [1.807, 2.05) is 35.0 Å². The summed E-state index contributed by atoms with van der Waals surface area (Å²) in [6.45, 7) is 1.78. The van der Waals surface area contributed by atoms with Crippen LogP contribution in [-0.2, 0) is 12.8 Å². The Balaban J connectivity index is 1.64. The first-order valence-electron chi connectivity index (χ1n) is 8.86. The Hall–Kier alpha value is -2.95. The molecule has 1 atom stereocenters. The minimum absolute atomic E-state index is 0.256. The van der Waals surface area contributed by atoms with E-state index in [0.29, 0.717) is 11.3 Å². The SMILES string of the molecule is CC(NC(=O)c1nn(-c2ccccc2)c2c1CCC2)c1ccccc1F. The van der Waals surface area contributed by atoms with Crippen molar-refractivity contribution in [2.45, 2.75) is 32.2 Å². The maximum Gasteiger partial charge on any atom is 0.272 e. The van der Waals surface area contributed by atoms with Crippen LogP contribution < -0.4 is 5.32 Å². The van der Waals surface area contributed by atoms with Crippen molar-refractivity contribution in [3.05, 3.63) is 82.9 Å². The summed E-state index contributed by atoms with van der Waals surface area (Å²) in [6.07, 6.45) is 2.77. The van der Waals surface area contributed by atoms with Gasteiger partial charge < -0.3 is 5.32 Å². The monoisotopic (exact) mass is 349 g/mol. The van der Waals surface area contributed by atoms with Crippen LogP contribution in [-0.4, -0.2) is 15.7 Å². The van der Waals surface area contributed by atoms with Gasteiger partial charge in [0.2, 0.25) is 0 Å². The molecule has 0 spiro atoms. The van der Waals surface area contributed by atoms with Gasteiger partial charge in [0.25, 0.3) is 5.91 Å². The summed E-state index contributed by atoms with van der Waals surface area (Å²) in [5.74, 6) is -0.575. The van der Waals surface area contributed by atoms with Gasteiger partial charge in [-0.15, -0.1) is 0 Å². The van der Waals surface area contributed by atoms with Crippen LogP contribution in [0.2, 0.25) is 0 Å². The van der Waals surface area contributed by atoms with E-state index in [0.717, 1.165) is 36.2 Å². The molecule has 1 aliphatic carbocycles. The predicted molar refractivity (Wildman–Crippen MR) is 97.9 cm³/mol. The van der Waals surface area contributed by atoms with Crippen LogP contribution in [0.5, 0.6) is 0 Å². The van der Waals surface area contributed by atoms with Crippen LogP contribution in [0.15, 0.2) is 54.6 Å². The average Bonchev–Trinajstić information content (AvgIpc) is 3.25. The number of hydrogen-bond donors (Lipinski definition) is 1. The molecule has 4 nitrogen and oxygen atoms in total. The molecule has 0 radical (unpaired) electrons. The van der Waals surface area contributed by atoms with Gasteiger partial charge in [0.1, 0.15) is 5.82 Å². The Bertz CT molecular complexity index is 949. The number of aromatic nitrogens is 2. The second-order valence-corrected chi connectivity index (χ2v) is 6.59. The van der Waals surface area contributed by atoms with Gasteiger partial charge in [-0.3, -0.25) is 4.79 Å². The van der Waals surface area contributed by atoms with Gasteiger partial charge in [-0.1, -0.05) is 36.4 Å². The summed E-state index contributed by atoms with van der Waals surface area (Å²) in [4.78, 5) is 12.8. The van der Waals surface area contributed by atoms with Gasteiger partial charge in [0, 0.05) is 16.8 Å². The van der Waals surface area contributed by atoms with Crippen molar-refractivity contribution >= 4 is 5.91 Å². The molecule has 5 heteroatoms. The Labute approximate surface area is 151 Å². The molecule has 1 amide bonds. The molecule has 3 aromatic rings. The van der Waals surface area contributed by atoms with E-state index in [1.165, 1.54) is 6.07 Å². The highest BCUT2D eigenvalue weighted by atomic mass is 19.1. The van der Waals surface area contributed by atoms with E-state index in [-0.39, 0.29) is 11.7 Å². The molecule has 1 unspecified atom stereocenters. The zero-order valence-electron chi connectivity index (χ0n) is 14.6. The van der Waals surface area contributed by atoms with Crippen molar-refractivity contribution in [3.63, 3.8) is 0 Å². The zero-order chi connectivity index (χ0) is 18.1. The second kappa shape index (κ2) is 6.75. The first-order chi connectivity index (χ1) is 12.6. The number of para-hydroxylation sites is 1. The lowest BCUT2D eigenvalue weighted by atomic mass is 10.1. The normalized spacial score (nSPS) is 14.1. The molecule has 132 valence electrons. The molecule has 0 saturated heterocycles. The third kappa shape index (κ3) is 2.90. The number of hydrogen-bond acceptors (Lipinski definition) is 2. The van der Waals surface area contributed by atoms with Gasteiger partial charge in [0.05, 0.1) is 11.7 Å². The molecular formula is C21H20FN3O. The Kier molecular flexibility index (Phi) is 4.29. The van der Waals surface area contributed by atoms with Crippen molar-refractivity contribution in [2.24, 2.45) is 0 Å². The Morgan fingerprint density at radius 1 is 1.12 bits per heavy atom. The average molecular weight is 349 g/mol. The van der Waals surface area contributed by atoms with E-state index in [1.54, 1.807) is 25.1 Å². The molecular weight excluding hydrogens is 329 g/mol. The summed E-state index contributed by atoms with van der Waals surface area (Å²) >= 11 is 0. The van der Waals surface area contributed by atoms with Crippen molar-refractivity contribution in [3.8, 4) is 5.69 Å². The summed E-state index contributed by atoms with van der Waals surface area (Å²) < 4.78 is 15.8. The fraction of sp³-hybridized carbons (Fsp3) is 0.238. The van der Waals surface area contributed by atoms with E-state index in [9.17, 15) is 9.18 Å². The third-order valence-electron chi connectivity index (χ3n) is 4.87. The summed E-state index contributed by atoms with van der Waals surface area (Å²) in [6, 6.07) is 15.9. The topological polar surface area (TPSA) is 46.9 Å². The molecule has 1 aromatic heterocycles. The fourth-order valence-electron chi connectivity index (χ4n) is 3.57. The van der Waals surface area contributed by atoms with Crippen LogP contribution in [0.3, 0.4) is 0 Å². The maximum absolute atomic E-state index is 14.0. The molecule has 26 heavy (non-hydrogen) atoms. The number of carbonyl (C=O) groups excluding carboxylic acids is 1. The predicted octanol–water partition coefficient (Wildman–Crippen LogP) is 3.99. The zero-order valence-corrected chi connectivity index (χ0v) is 14.6. The van der Waals surface area contributed by atoms with E-state index < -0.39 is 6.04 Å². The number of amides is 1. The Morgan fingerprint density at radius 2 is 1.85 bits per heavy atom. The number of halogens is 1. The van der Waals surface area contributed by atoms with Gasteiger partial charge in [-0.05, 0) is 44.4 Å². The molecule has 0 saturated carbocycles. The number of rotatable bonds is 4. The molecule has 0 aliphatic heterocycles. The van der Waals surface area contributed by atoms with Crippen LogP contribution >= 0.6 is 0 Å². The number of nitrogens with zero attached hydrogens (tertiary/aromatic N) is 2. The molecule has 1 heterocycles. The highest BCUT2D eigenvalue weighted by Gasteiger charge is 2.27. The van der Waals surface area contributed by atoms with Crippen LogP contribution in [0, 0.1) is 5.82 Å². The highest BCUT2D eigenvalue weighted by molar-refractivity contribution is 5.94. The lowest BCUT2D eigenvalue weighted by Crippen LogP contribution is -2.28. The van der Waals surface area contributed by atoms with Gasteiger partial charge in [-0.2, -0.15) is 5.10 Å². The van der Waals surface area contributed by atoms with E-state index in [4.69, 9.17) is 0 Å². The second-order valence-electron chi connectivity index (χ2n) is 6.59.